The molecule has 3 heterocycles. The van der Waals surface area contributed by atoms with Crippen LogP contribution in [0.1, 0.15) is 16.0 Å². The van der Waals surface area contributed by atoms with Crippen molar-refractivity contribution >= 4 is 23.1 Å². The van der Waals surface area contributed by atoms with Crippen LogP contribution in [0, 0.1) is 0 Å². The summed E-state index contributed by atoms with van der Waals surface area (Å²) >= 11 is 1.72. The first kappa shape index (κ1) is 23.8. The van der Waals surface area contributed by atoms with Crippen molar-refractivity contribution in [1.29, 1.82) is 0 Å². The number of hydrogen-bond donors (Lipinski definition) is 1. The molecule has 2 aliphatic rings. The van der Waals surface area contributed by atoms with E-state index in [1.54, 1.807) is 11.3 Å². The van der Waals surface area contributed by atoms with Crippen molar-refractivity contribution in [1.82, 2.24) is 14.7 Å². The number of carbonyl (C=O) groups excluding carboxylic acids is 1. The van der Waals surface area contributed by atoms with Gasteiger partial charge in [-0.1, -0.05) is 6.07 Å². The molecule has 0 saturated carbocycles. The minimum Gasteiger partial charge on any atom is -0.321 e. The lowest BCUT2D eigenvalue weighted by Gasteiger charge is -2.48. The van der Waals surface area contributed by atoms with Crippen molar-refractivity contribution in [3.63, 3.8) is 0 Å². The lowest BCUT2D eigenvalue weighted by Crippen LogP contribution is -2.64. The number of nitrogens with zero attached hydrogens (tertiary/aromatic N) is 3. The summed E-state index contributed by atoms with van der Waals surface area (Å²) in [6, 6.07) is 4.60. The highest BCUT2D eigenvalue weighted by Crippen LogP contribution is 2.37. The lowest BCUT2D eigenvalue weighted by molar-refractivity contribution is -0.143. The molecule has 0 bridgehead atoms. The molecule has 2 amide bonds. The number of likely N-dealkylation sites (tertiary alicyclic amines) is 1. The van der Waals surface area contributed by atoms with Crippen LogP contribution in [0.4, 0.5) is 36.8 Å². The van der Waals surface area contributed by atoms with Crippen LogP contribution < -0.4 is 5.32 Å². The van der Waals surface area contributed by atoms with E-state index >= 15 is 0 Å². The van der Waals surface area contributed by atoms with Gasteiger partial charge in [0.25, 0.3) is 0 Å². The molecule has 12 heteroatoms. The number of carbonyl (C=O) groups is 1. The van der Waals surface area contributed by atoms with Gasteiger partial charge in [0.15, 0.2) is 0 Å². The maximum Gasteiger partial charge on any atom is 0.416 e. The van der Waals surface area contributed by atoms with Crippen LogP contribution in [0.3, 0.4) is 0 Å². The number of hydrogen-bond acceptors (Lipinski definition) is 4. The highest BCUT2D eigenvalue weighted by atomic mass is 32.1. The van der Waals surface area contributed by atoms with Crippen molar-refractivity contribution in [3.8, 4) is 0 Å². The topological polar surface area (TPSA) is 38.8 Å². The van der Waals surface area contributed by atoms with E-state index in [-0.39, 0.29) is 12.1 Å². The maximum atomic E-state index is 13.0. The Labute approximate surface area is 190 Å². The predicted octanol–water partition coefficient (Wildman–Crippen LogP) is 4.82. The first-order valence-electron chi connectivity index (χ1n) is 10.3. The van der Waals surface area contributed by atoms with E-state index in [2.05, 4.69) is 21.2 Å². The summed E-state index contributed by atoms with van der Waals surface area (Å²) in [6.45, 7) is 5.13. The summed E-state index contributed by atoms with van der Waals surface area (Å²) in [5.41, 5.74) is -3.46. The Hall–Kier alpha value is -2.31. The van der Waals surface area contributed by atoms with Crippen LogP contribution in [0.25, 0.3) is 0 Å². The van der Waals surface area contributed by atoms with Crippen LogP contribution in [0.15, 0.2) is 35.7 Å². The SMILES string of the molecule is O=C(Nc1cc(C(F)(F)F)cc(C(F)(F)F)c1)N1CC(N2CCN(Cc3cccs3)CC2)C1. The second kappa shape index (κ2) is 9.15. The third-order valence-corrected chi connectivity index (χ3v) is 6.73. The normalized spacial score (nSPS) is 18.9. The van der Waals surface area contributed by atoms with Gasteiger partial charge in [0, 0.05) is 62.4 Å². The minimum atomic E-state index is -4.96. The monoisotopic (exact) mass is 492 g/mol. The quantitative estimate of drug-likeness (QED) is 0.623. The van der Waals surface area contributed by atoms with Crippen molar-refractivity contribution in [2.45, 2.75) is 24.9 Å². The number of urea groups is 1. The summed E-state index contributed by atoms with van der Waals surface area (Å²) in [7, 11) is 0. The molecule has 1 N–H and O–H groups in total. The van der Waals surface area contributed by atoms with Gasteiger partial charge < -0.3 is 10.2 Å². The Morgan fingerprint density at radius 3 is 2.09 bits per heavy atom. The molecule has 0 radical (unpaired) electrons. The molecule has 180 valence electrons. The number of benzene rings is 1. The van der Waals surface area contributed by atoms with Crippen molar-refractivity contribution in [3.05, 3.63) is 51.7 Å². The van der Waals surface area contributed by atoms with Crippen molar-refractivity contribution in [2.24, 2.45) is 0 Å². The zero-order valence-electron chi connectivity index (χ0n) is 17.4. The largest absolute Gasteiger partial charge is 0.416 e. The number of amides is 2. The molecule has 0 atom stereocenters. The minimum absolute atomic E-state index is 0.0351. The highest BCUT2D eigenvalue weighted by molar-refractivity contribution is 7.09. The van der Waals surface area contributed by atoms with E-state index in [4.69, 9.17) is 0 Å². The Kier molecular flexibility index (Phi) is 6.61. The van der Waals surface area contributed by atoms with Gasteiger partial charge in [-0.15, -0.1) is 11.3 Å². The average Bonchev–Trinajstić information content (AvgIpc) is 3.19. The second-order valence-corrected chi connectivity index (χ2v) is 9.21. The second-order valence-electron chi connectivity index (χ2n) is 8.17. The molecule has 0 unspecified atom stereocenters. The number of alkyl halides is 6. The number of piperazine rings is 1. The average molecular weight is 492 g/mol. The number of anilines is 1. The van der Waals surface area contributed by atoms with E-state index < -0.39 is 35.2 Å². The van der Waals surface area contributed by atoms with Gasteiger partial charge in [-0.3, -0.25) is 9.80 Å². The van der Waals surface area contributed by atoms with E-state index in [1.807, 2.05) is 11.4 Å². The molecule has 5 nitrogen and oxygen atoms in total. The van der Waals surface area contributed by atoms with Gasteiger partial charge in [0.05, 0.1) is 11.1 Å². The Bertz CT molecular complexity index is 932. The molecule has 2 saturated heterocycles. The van der Waals surface area contributed by atoms with Gasteiger partial charge in [-0.2, -0.15) is 26.3 Å². The van der Waals surface area contributed by atoms with Crippen LogP contribution in [-0.4, -0.2) is 66.0 Å². The van der Waals surface area contributed by atoms with E-state index in [1.165, 1.54) is 9.78 Å². The fourth-order valence-electron chi connectivity index (χ4n) is 3.99. The maximum absolute atomic E-state index is 13.0. The van der Waals surface area contributed by atoms with E-state index in [9.17, 15) is 31.1 Å². The lowest BCUT2D eigenvalue weighted by atomic mass is 10.1. The third-order valence-electron chi connectivity index (χ3n) is 5.87. The van der Waals surface area contributed by atoms with E-state index in [0.29, 0.717) is 25.2 Å². The fraction of sp³-hybridized carbons (Fsp3) is 0.476. The molecule has 0 spiro atoms. The zero-order chi connectivity index (χ0) is 23.8. The molecule has 4 rings (SSSR count). The van der Waals surface area contributed by atoms with Gasteiger partial charge in [-0.05, 0) is 29.6 Å². The molecule has 0 aliphatic carbocycles. The Morgan fingerprint density at radius 1 is 0.970 bits per heavy atom. The van der Waals surface area contributed by atoms with Crippen molar-refractivity contribution in [2.75, 3.05) is 44.6 Å². The van der Waals surface area contributed by atoms with Crippen LogP contribution in [0.5, 0.6) is 0 Å². The number of thiophene rings is 1. The van der Waals surface area contributed by atoms with Crippen LogP contribution >= 0.6 is 11.3 Å². The summed E-state index contributed by atoms with van der Waals surface area (Å²) in [6.07, 6.45) is -9.93. The predicted molar refractivity (Wildman–Crippen MR) is 112 cm³/mol. The first-order valence-corrected chi connectivity index (χ1v) is 11.2. The third kappa shape index (κ3) is 5.79. The highest BCUT2D eigenvalue weighted by Gasteiger charge is 2.39. The number of rotatable bonds is 4. The standard InChI is InChI=1S/C21H22F6N4OS/c22-20(23,24)14-8-15(21(25,26)27)10-16(9-14)28-19(32)31-11-17(12-31)30-5-3-29(4-6-30)13-18-2-1-7-33-18/h1-2,7-10,17H,3-6,11-13H2,(H,28,32). The molecular formula is C21H22F6N4OS. The van der Waals surface area contributed by atoms with E-state index in [0.717, 1.165) is 32.7 Å². The molecule has 2 aliphatic heterocycles. The summed E-state index contributed by atoms with van der Waals surface area (Å²) < 4.78 is 78.0. The van der Waals surface area contributed by atoms with Crippen molar-refractivity contribution < 1.29 is 31.1 Å². The molecule has 1 aromatic carbocycles. The van der Waals surface area contributed by atoms with Gasteiger partial charge in [-0.25, -0.2) is 4.79 Å². The fourth-order valence-corrected chi connectivity index (χ4v) is 4.74. The Balaban J connectivity index is 1.30. The Morgan fingerprint density at radius 2 is 1.58 bits per heavy atom. The molecular weight excluding hydrogens is 470 g/mol. The van der Waals surface area contributed by atoms with Crippen LogP contribution in [-0.2, 0) is 18.9 Å². The first-order chi connectivity index (χ1) is 15.5. The van der Waals surface area contributed by atoms with Gasteiger partial charge in [0.2, 0.25) is 0 Å². The summed E-state index contributed by atoms with van der Waals surface area (Å²) in [5.74, 6) is 0. The van der Waals surface area contributed by atoms with Gasteiger partial charge >= 0.3 is 18.4 Å². The summed E-state index contributed by atoms with van der Waals surface area (Å²) in [5, 5.41) is 4.23. The number of halogens is 6. The smallest absolute Gasteiger partial charge is 0.321 e. The summed E-state index contributed by atoms with van der Waals surface area (Å²) in [4.78, 5) is 19.7. The van der Waals surface area contributed by atoms with Crippen LogP contribution in [0.2, 0.25) is 0 Å². The van der Waals surface area contributed by atoms with Gasteiger partial charge in [0.1, 0.15) is 0 Å². The molecule has 1 aromatic heterocycles. The number of nitrogens with one attached hydrogen (secondary N) is 1. The molecule has 2 fully saturated rings. The molecule has 2 aromatic rings. The zero-order valence-corrected chi connectivity index (χ0v) is 18.2. The molecule has 33 heavy (non-hydrogen) atoms.